The van der Waals surface area contributed by atoms with E-state index in [1.165, 1.54) is 0 Å². The number of nitrogens with one attached hydrogen (secondary N) is 1. The van der Waals surface area contributed by atoms with Crippen LogP contribution in [0.1, 0.15) is 40.5 Å². The Hall–Kier alpha value is -3.19. The smallest absolute Gasteiger partial charge is 0.151 e. The summed E-state index contributed by atoms with van der Waals surface area (Å²) in [4.78, 5) is 6.37. The second-order valence-corrected chi connectivity index (χ2v) is 10.2. The molecule has 0 saturated carbocycles. The molecule has 1 saturated heterocycles. The third kappa shape index (κ3) is 4.93. The van der Waals surface area contributed by atoms with E-state index in [1.54, 1.807) is 25.6 Å². The molecule has 1 fully saturated rings. The van der Waals surface area contributed by atoms with Crippen LogP contribution in [0.3, 0.4) is 0 Å². The summed E-state index contributed by atoms with van der Waals surface area (Å²) < 4.78 is 5.60. The van der Waals surface area contributed by atoms with Gasteiger partial charge in [0.05, 0.1) is 12.7 Å². The fraction of sp³-hybridized carbons (Fsp3) is 0.423. The van der Waals surface area contributed by atoms with Gasteiger partial charge in [-0.2, -0.15) is 0 Å². The lowest BCUT2D eigenvalue weighted by atomic mass is 9.79. The largest absolute Gasteiger partial charge is 0.507 e. The van der Waals surface area contributed by atoms with Gasteiger partial charge in [-0.05, 0) is 76.4 Å². The van der Waals surface area contributed by atoms with Crippen LogP contribution < -0.4 is 15.0 Å². The van der Waals surface area contributed by atoms with Gasteiger partial charge in [0, 0.05) is 42.1 Å². The van der Waals surface area contributed by atoms with Gasteiger partial charge in [-0.25, -0.2) is 0 Å². The highest BCUT2D eigenvalue weighted by Gasteiger charge is 2.39. The summed E-state index contributed by atoms with van der Waals surface area (Å²) in [5, 5.41) is 23.5. The SMILES string of the molecule is COc1cc(-c2cccnc2)cc(O)c1-c1ccc(N(C)C2CC(C)(C)NC(C)(C)C2)nn1. The van der Waals surface area contributed by atoms with Crippen molar-refractivity contribution in [3.05, 3.63) is 48.8 Å². The summed E-state index contributed by atoms with van der Waals surface area (Å²) >= 11 is 0. The number of aromatic hydroxyl groups is 1. The molecule has 0 spiro atoms. The Bertz CT molecular complexity index is 1100. The van der Waals surface area contributed by atoms with Crippen LogP contribution in [0.15, 0.2) is 48.8 Å². The maximum Gasteiger partial charge on any atom is 0.151 e. The molecule has 0 amide bonds. The number of piperidine rings is 1. The summed E-state index contributed by atoms with van der Waals surface area (Å²) in [6, 6.07) is 11.6. The highest BCUT2D eigenvalue weighted by atomic mass is 16.5. The number of rotatable bonds is 5. The Morgan fingerprint density at radius 2 is 1.76 bits per heavy atom. The van der Waals surface area contributed by atoms with Crippen molar-refractivity contribution < 1.29 is 9.84 Å². The Labute approximate surface area is 195 Å². The van der Waals surface area contributed by atoms with Crippen LogP contribution in [0.4, 0.5) is 5.82 Å². The fourth-order valence-corrected chi connectivity index (χ4v) is 5.10. The van der Waals surface area contributed by atoms with Crippen molar-refractivity contribution in [3.63, 3.8) is 0 Å². The summed E-state index contributed by atoms with van der Waals surface area (Å²) in [7, 11) is 3.66. The van der Waals surface area contributed by atoms with E-state index in [1.807, 2.05) is 30.3 Å². The van der Waals surface area contributed by atoms with Crippen LogP contribution in [-0.4, -0.2) is 51.6 Å². The molecule has 0 radical (unpaired) electrons. The van der Waals surface area contributed by atoms with E-state index >= 15 is 0 Å². The lowest BCUT2D eigenvalue weighted by Gasteiger charge is -2.49. The van der Waals surface area contributed by atoms with Gasteiger partial charge in [0.15, 0.2) is 5.82 Å². The monoisotopic (exact) mass is 447 g/mol. The Morgan fingerprint density at radius 3 is 2.33 bits per heavy atom. The third-order valence-corrected chi connectivity index (χ3v) is 6.28. The zero-order valence-corrected chi connectivity index (χ0v) is 20.3. The van der Waals surface area contributed by atoms with Gasteiger partial charge >= 0.3 is 0 Å². The molecule has 7 nitrogen and oxygen atoms in total. The van der Waals surface area contributed by atoms with Crippen molar-refractivity contribution in [2.24, 2.45) is 0 Å². The number of methoxy groups -OCH3 is 1. The maximum atomic E-state index is 10.8. The summed E-state index contributed by atoms with van der Waals surface area (Å²) in [5.74, 6) is 1.43. The number of benzene rings is 1. The van der Waals surface area contributed by atoms with E-state index < -0.39 is 0 Å². The van der Waals surface area contributed by atoms with Crippen LogP contribution in [-0.2, 0) is 0 Å². The predicted octanol–water partition coefficient (Wildman–Crippen LogP) is 4.67. The first-order valence-corrected chi connectivity index (χ1v) is 11.3. The number of nitrogens with zero attached hydrogens (tertiary/aromatic N) is 4. The first-order valence-electron chi connectivity index (χ1n) is 11.3. The minimum atomic E-state index is 0.0449. The van der Waals surface area contributed by atoms with Gasteiger partial charge in [-0.3, -0.25) is 4.98 Å². The molecule has 3 aromatic rings. The number of ether oxygens (including phenoxy) is 1. The lowest BCUT2D eigenvalue weighted by Crippen LogP contribution is -2.62. The standard InChI is InChI=1S/C26H33N5O2/c1-25(2)14-19(15-26(3,4)30-25)31(5)23-10-9-20(28-29-23)24-21(32)12-18(13-22(24)33-6)17-8-7-11-27-16-17/h7-13,16,19,30,32H,14-15H2,1-6H3. The average Bonchev–Trinajstić information content (AvgIpc) is 2.76. The molecule has 174 valence electrons. The van der Waals surface area contributed by atoms with Gasteiger partial charge in [0.2, 0.25) is 0 Å². The summed E-state index contributed by atoms with van der Waals surface area (Å²) in [5.41, 5.74) is 2.89. The van der Waals surface area contributed by atoms with Gasteiger partial charge in [-0.15, -0.1) is 10.2 Å². The first-order chi connectivity index (χ1) is 15.6. The molecule has 2 aromatic heterocycles. The second kappa shape index (κ2) is 8.63. The van der Waals surface area contributed by atoms with E-state index in [-0.39, 0.29) is 16.8 Å². The fourth-order valence-electron chi connectivity index (χ4n) is 5.10. The van der Waals surface area contributed by atoms with Crippen molar-refractivity contribution >= 4 is 5.82 Å². The van der Waals surface area contributed by atoms with Crippen molar-refractivity contribution in [3.8, 4) is 33.9 Å². The minimum absolute atomic E-state index is 0.0449. The topological polar surface area (TPSA) is 83.4 Å². The van der Waals surface area contributed by atoms with Crippen molar-refractivity contribution in [2.75, 3.05) is 19.1 Å². The number of pyridine rings is 1. The van der Waals surface area contributed by atoms with E-state index in [4.69, 9.17) is 4.74 Å². The average molecular weight is 448 g/mol. The Balaban J connectivity index is 1.62. The van der Waals surface area contributed by atoms with Crippen molar-refractivity contribution in [2.45, 2.75) is 57.7 Å². The highest BCUT2D eigenvalue weighted by Crippen LogP contribution is 2.41. The Kier molecular flexibility index (Phi) is 6.01. The zero-order chi connectivity index (χ0) is 23.8. The molecule has 4 rings (SSSR count). The number of anilines is 1. The van der Waals surface area contributed by atoms with E-state index in [0.717, 1.165) is 29.8 Å². The predicted molar refractivity (Wildman–Crippen MR) is 132 cm³/mol. The quantitative estimate of drug-likeness (QED) is 0.588. The number of aromatic nitrogens is 3. The van der Waals surface area contributed by atoms with Crippen molar-refractivity contribution in [1.29, 1.82) is 0 Å². The highest BCUT2D eigenvalue weighted by molar-refractivity contribution is 5.80. The van der Waals surface area contributed by atoms with Gasteiger partial charge < -0.3 is 20.1 Å². The molecule has 3 heterocycles. The molecule has 0 unspecified atom stereocenters. The van der Waals surface area contributed by atoms with Crippen LogP contribution in [0.25, 0.3) is 22.4 Å². The molecule has 0 atom stereocenters. The van der Waals surface area contributed by atoms with Crippen LogP contribution >= 0.6 is 0 Å². The molecule has 33 heavy (non-hydrogen) atoms. The van der Waals surface area contributed by atoms with Crippen molar-refractivity contribution in [1.82, 2.24) is 20.5 Å². The number of hydrogen-bond donors (Lipinski definition) is 2. The van der Waals surface area contributed by atoms with Crippen LogP contribution in [0.5, 0.6) is 11.5 Å². The van der Waals surface area contributed by atoms with Crippen LogP contribution in [0.2, 0.25) is 0 Å². The molecule has 1 aliphatic heterocycles. The molecule has 0 bridgehead atoms. The van der Waals surface area contributed by atoms with Gasteiger partial charge in [-0.1, -0.05) is 6.07 Å². The molecule has 0 aliphatic carbocycles. The molecule has 1 aliphatic rings. The molecule has 1 aromatic carbocycles. The summed E-state index contributed by atoms with van der Waals surface area (Å²) in [6.45, 7) is 8.98. The number of hydrogen-bond acceptors (Lipinski definition) is 7. The summed E-state index contributed by atoms with van der Waals surface area (Å²) in [6.07, 6.45) is 5.50. The molecule has 7 heteroatoms. The number of phenols is 1. The van der Waals surface area contributed by atoms with E-state index in [9.17, 15) is 5.11 Å². The maximum absolute atomic E-state index is 10.8. The zero-order valence-electron chi connectivity index (χ0n) is 20.3. The van der Waals surface area contributed by atoms with E-state index in [0.29, 0.717) is 23.0 Å². The van der Waals surface area contributed by atoms with Gasteiger partial charge in [0.1, 0.15) is 17.2 Å². The lowest BCUT2D eigenvalue weighted by molar-refractivity contribution is 0.160. The van der Waals surface area contributed by atoms with Crippen LogP contribution in [0, 0.1) is 0 Å². The first kappa shape index (κ1) is 23.0. The molecular weight excluding hydrogens is 414 g/mol. The third-order valence-electron chi connectivity index (χ3n) is 6.28. The van der Waals surface area contributed by atoms with E-state index in [2.05, 4.69) is 60.1 Å². The normalized spacial score (nSPS) is 17.5. The number of phenolic OH excluding ortho intramolecular Hbond substituents is 1. The van der Waals surface area contributed by atoms with Gasteiger partial charge in [0.25, 0.3) is 0 Å². The Morgan fingerprint density at radius 1 is 1.03 bits per heavy atom. The second-order valence-electron chi connectivity index (χ2n) is 10.2. The minimum Gasteiger partial charge on any atom is -0.507 e. The molecule has 2 N–H and O–H groups in total. The molecular formula is C26H33N5O2.